The van der Waals surface area contributed by atoms with Crippen LogP contribution in [0.5, 0.6) is 0 Å². The molecule has 20 heavy (non-hydrogen) atoms. The van der Waals surface area contributed by atoms with Gasteiger partial charge in [0.2, 0.25) is 0 Å². The van der Waals surface area contributed by atoms with Crippen LogP contribution in [0.1, 0.15) is 67.2 Å². The zero-order chi connectivity index (χ0) is 15.0. The Morgan fingerprint density at radius 2 is 1.55 bits per heavy atom. The molecule has 0 atom stereocenters. The minimum Gasteiger partial charge on any atom is -0.352 e. The standard InChI is InChI=1S/C17H33NO2/c1-15(2,3)18-11-17(12-18)9-7-14(8-10-17)19-13-20-16(4,5)6/h14H,7-13H2,1-6H3. The Morgan fingerprint density at radius 3 is 2.00 bits per heavy atom. The first-order valence-corrected chi connectivity index (χ1v) is 8.10. The van der Waals surface area contributed by atoms with Crippen LogP contribution in [0.3, 0.4) is 0 Å². The number of rotatable bonds is 3. The van der Waals surface area contributed by atoms with E-state index in [0.717, 1.165) is 0 Å². The molecule has 0 N–H and O–H groups in total. The maximum Gasteiger partial charge on any atom is 0.147 e. The lowest BCUT2D eigenvalue weighted by atomic mass is 9.66. The highest BCUT2D eigenvalue weighted by atomic mass is 16.7. The predicted octanol–water partition coefficient (Wildman–Crippen LogP) is 3.82. The van der Waals surface area contributed by atoms with Crippen LogP contribution in [0, 0.1) is 5.41 Å². The monoisotopic (exact) mass is 283 g/mol. The third-order valence-corrected chi connectivity index (χ3v) is 4.79. The molecular formula is C17H33NO2. The van der Waals surface area contributed by atoms with E-state index in [1.807, 2.05) is 0 Å². The predicted molar refractivity (Wildman–Crippen MR) is 82.8 cm³/mol. The minimum absolute atomic E-state index is 0.100. The Balaban J connectivity index is 1.67. The summed E-state index contributed by atoms with van der Waals surface area (Å²) in [5, 5.41) is 0. The summed E-state index contributed by atoms with van der Waals surface area (Å²) in [5.41, 5.74) is 0.828. The summed E-state index contributed by atoms with van der Waals surface area (Å²) < 4.78 is 11.5. The van der Waals surface area contributed by atoms with Crippen LogP contribution in [-0.2, 0) is 9.47 Å². The minimum atomic E-state index is -0.100. The SMILES string of the molecule is CC(C)(C)OCOC1CCC2(CC1)CN(C(C)(C)C)C2. The Bertz CT molecular complexity index is 311. The molecule has 1 aliphatic heterocycles. The molecule has 3 heteroatoms. The van der Waals surface area contributed by atoms with Crippen molar-refractivity contribution in [3.63, 3.8) is 0 Å². The van der Waals surface area contributed by atoms with Crippen molar-refractivity contribution in [2.75, 3.05) is 19.9 Å². The van der Waals surface area contributed by atoms with Crippen LogP contribution < -0.4 is 0 Å². The van der Waals surface area contributed by atoms with Gasteiger partial charge in [0, 0.05) is 18.6 Å². The fourth-order valence-electron chi connectivity index (χ4n) is 3.23. The normalized spacial score (nSPS) is 24.9. The van der Waals surface area contributed by atoms with Gasteiger partial charge in [0.25, 0.3) is 0 Å². The first kappa shape index (κ1) is 16.3. The van der Waals surface area contributed by atoms with E-state index in [-0.39, 0.29) is 5.60 Å². The molecule has 1 aliphatic carbocycles. The molecule has 118 valence electrons. The number of hydrogen-bond acceptors (Lipinski definition) is 3. The molecule has 2 fully saturated rings. The van der Waals surface area contributed by atoms with E-state index in [1.165, 1.54) is 38.8 Å². The first-order chi connectivity index (χ1) is 9.10. The van der Waals surface area contributed by atoms with Gasteiger partial charge >= 0.3 is 0 Å². The molecular weight excluding hydrogens is 250 g/mol. The Kier molecular flexibility index (Phi) is 4.54. The molecule has 0 aromatic carbocycles. The molecule has 1 saturated carbocycles. The summed E-state index contributed by atoms with van der Waals surface area (Å²) in [5.74, 6) is 0. The highest BCUT2D eigenvalue weighted by Crippen LogP contribution is 2.46. The summed E-state index contributed by atoms with van der Waals surface area (Å²) >= 11 is 0. The van der Waals surface area contributed by atoms with Crippen LogP contribution in [0.25, 0.3) is 0 Å². The van der Waals surface area contributed by atoms with Gasteiger partial charge in [-0.25, -0.2) is 0 Å². The number of likely N-dealkylation sites (tertiary alicyclic amines) is 1. The van der Waals surface area contributed by atoms with Crippen molar-refractivity contribution in [1.82, 2.24) is 4.90 Å². The lowest BCUT2D eigenvalue weighted by Crippen LogP contribution is -2.63. The Labute approximate surface area is 125 Å². The van der Waals surface area contributed by atoms with E-state index >= 15 is 0 Å². The van der Waals surface area contributed by atoms with Crippen molar-refractivity contribution >= 4 is 0 Å². The third kappa shape index (κ3) is 4.19. The second-order valence-electron chi connectivity index (χ2n) is 8.77. The fourth-order valence-corrected chi connectivity index (χ4v) is 3.23. The van der Waals surface area contributed by atoms with Gasteiger partial charge in [0.15, 0.2) is 0 Å². The zero-order valence-corrected chi connectivity index (χ0v) is 14.3. The van der Waals surface area contributed by atoms with Gasteiger partial charge in [0.1, 0.15) is 6.79 Å². The lowest BCUT2D eigenvalue weighted by molar-refractivity contribution is -0.164. The number of ether oxygens (including phenoxy) is 2. The van der Waals surface area contributed by atoms with Crippen molar-refractivity contribution in [2.24, 2.45) is 5.41 Å². The molecule has 0 bridgehead atoms. The van der Waals surface area contributed by atoms with Gasteiger partial charge in [-0.3, -0.25) is 4.90 Å². The average Bonchev–Trinajstić information content (AvgIpc) is 2.24. The van der Waals surface area contributed by atoms with Crippen LogP contribution >= 0.6 is 0 Å². The van der Waals surface area contributed by atoms with Gasteiger partial charge < -0.3 is 9.47 Å². The largest absolute Gasteiger partial charge is 0.352 e. The number of nitrogens with zero attached hydrogens (tertiary/aromatic N) is 1. The lowest BCUT2D eigenvalue weighted by Gasteiger charge is -2.58. The van der Waals surface area contributed by atoms with E-state index in [1.54, 1.807) is 0 Å². The highest BCUT2D eigenvalue weighted by molar-refractivity contribution is 5.01. The van der Waals surface area contributed by atoms with Gasteiger partial charge in [-0.05, 0) is 72.6 Å². The molecule has 2 rings (SSSR count). The summed E-state index contributed by atoms with van der Waals surface area (Å²) in [6, 6.07) is 0. The van der Waals surface area contributed by atoms with E-state index in [4.69, 9.17) is 9.47 Å². The Morgan fingerprint density at radius 1 is 1.00 bits per heavy atom. The third-order valence-electron chi connectivity index (χ3n) is 4.79. The molecule has 3 nitrogen and oxygen atoms in total. The summed E-state index contributed by atoms with van der Waals surface area (Å²) in [6.07, 6.45) is 5.45. The van der Waals surface area contributed by atoms with Crippen LogP contribution in [0.2, 0.25) is 0 Å². The average molecular weight is 283 g/mol. The molecule has 0 amide bonds. The maximum absolute atomic E-state index is 5.88. The molecule has 0 aromatic rings. The topological polar surface area (TPSA) is 21.7 Å². The van der Waals surface area contributed by atoms with E-state index in [9.17, 15) is 0 Å². The summed E-state index contributed by atoms with van der Waals surface area (Å²) in [7, 11) is 0. The molecule has 0 radical (unpaired) electrons. The molecule has 0 unspecified atom stereocenters. The number of hydrogen-bond donors (Lipinski definition) is 0. The van der Waals surface area contributed by atoms with Gasteiger partial charge in [0.05, 0.1) is 11.7 Å². The van der Waals surface area contributed by atoms with Crippen LogP contribution in [0.15, 0.2) is 0 Å². The smallest absolute Gasteiger partial charge is 0.147 e. The van der Waals surface area contributed by atoms with Crippen molar-refractivity contribution in [3.05, 3.63) is 0 Å². The Hall–Kier alpha value is -0.120. The summed E-state index contributed by atoms with van der Waals surface area (Å²) in [6.45, 7) is 16.2. The molecule has 1 heterocycles. The molecule has 0 aromatic heterocycles. The van der Waals surface area contributed by atoms with E-state index in [0.29, 0.717) is 23.9 Å². The van der Waals surface area contributed by atoms with Gasteiger partial charge in [-0.15, -0.1) is 0 Å². The highest BCUT2D eigenvalue weighted by Gasteiger charge is 2.48. The quantitative estimate of drug-likeness (QED) is 0.735. The first-order valence-electron chi connectivity index (χ1n) is 8.10. The second kappa shape index (κ2) is 5.58. The maximum atomic E-state index is 5.88. The summed E-state index contributed by atoms with van der Waals surface area (Å²) in [4.78, 5) is 2.61. The van der Waals surface area contributed by atoms with Crippen LogP contribution in [-0.4, -0.2) is 42.0 Å². The van der Waals surface area contributed by atoms with Crippen LogP contribution in [0.4, 0.5) is 0 Å². The molecule has 2 aliphatic rings. The van der Waals surface area contributed by atoms with Crippen molar-refractivity contribution in [2.45, 2.75) is 84.5 Å². The molecule has 1 saturated heterocycles. The van der Waals surface area contributed by atoms with E-state index in [2.05, 4.69) is 46.4 Å². The fraction of sp³-hybridized carbons (Fsp3) is 1.00. The van der Waals surface area contributed by atoms with Gasteiger partial charge in [-0.1, -0.05) is 0 Å². The van der Waals surface area contributed by atoms with Crippen molar-refractivity contribution < 1.29 is 9.47 Å². The van der Waals surface area contributed by atoms with Gasteiger partial charge in [-0.2, -0.15) is 0 Å². The van der Waals surface area contributed by atoms with E-state index < -0.39 is 0 Å². The molecule has 1 spiro atoms. The zero-order valence-electron chi connectivity index (χ0n) is 14.3. The second-order valence-corrected chi connectivity index (χ2v) is 8.77. The van der Waals surface area contributed by atoms with Crippen molar-refractivity contribution in [1.29, 1.82) is 0 Å². The van der Waals surface area contributed by atoms with Crippen molar-refractivity contribution in [3.8, 4) is 0 Å².